The van der Waals surface area contributed by atoms with Gasteiger partial charge in [-0.25, -0.2) is 23.1 Å². The van der Waals surface area contributed by atoms with E-state index in [2.05, 4.69) is 51.3 Å². The first-order valence-electron chi connectivity index (χ1n) is 13.2. The van der Waals surface area contributed by atoms with E-state index in [1.807, 2.05) is 13.2 Å². The maximum absolute atomic E-state index is 15.3. The number of hydrogen-bond donors (Lipinski definition) is 2. The van der Waals surface area contributed by atoms with Gasteiger partial charge in [0.1, 0.15) is 5.83 Å². The Morgan fingerprint density at radius 3 is 2.36 bits per heavy atom. The molecule has 10 heteroatoms. The maximum Gasteiger partial charge on any atom is 0.225 e. The second-order valence-corrected chi connectivity index (χ2v) is 9.71. The first-order chi connectivity index (χ1) is 18.7. The summed E-state index contributed by atoms with van der Waals surface area (Å²) in [5.41, 5.74) is 2.24. The topological polar surface area (TPSA) is 65.5 Å². The molecule has 2 atom stereocenters. The smallest absolute Gasteiger partial charge is 0.225 e. The molecule has 2 aromatic rings. The van der Waals surface area contributed by atoms with Gasteiger partial charge in [-0.2, -0.15) is 0 Å². The highest BCUT2D eigenvalue weighted by Gasteiger charge is 2.18. The number of aryl methyl sites for hydroxylation is 1. The average molecular weight is 545 g/mol. The first-order valence-corrected chi connectivity index (χ1v) is 13.2. The Kier molecular flexibility index (Phi) is 11.4. The summed E-state index contributed by atoms with van der Waals surface area (Å²) in [5.74, 6) is -1.16. The molecule has 212 valence electrons. The number of anilines is 1. The third-order valence-electron chi connectivity index (χ3n) is 6.93. The van der Waals surface area contributed by atoms with Crippen LogP contribution >= 0.6 is 0 Å². The molecule has 0 saturated carbocycles. The van der Waals surface area contributed by atoms with E-state index in [9.17, 15) is 8.78 Å². The molecule has 1 aromatic heterocycles. The van der Waals surface area contributed by atoms with Gasteiger partial charge in [-0.1, -0.05) is 12.1 Å². The minimum atomic E-state index is -0.782. The monoisotopic (exact) mass is 544 g/mol. The van der Waals surface area contributed by atoms with Crippen LogP contribution in [0.4, 0.5) is 19.1 Å². The third-order valence-corrected chi connectivity index (χ3v) is 6.93. The van der Waals surface area contributed by atoms with E-state index < -0.39 is 11.6 Å². The summed E-state index contributed by atoms with van der Waals surface area (Å²) in [6.07, 6.45) is 9.36. The zero-order valence-corrected chi connectivity index (χ0v) is 23.3. The number of morpholine rings is 1. The van der Waals surface area contributed by atoms with E-state index in [-0.39, 0.29) is 11.9 Å². The van der Waals surface area contributed by atoms with E-state index in [4.69, 9.17) is 4.74 Å². The van der Waals surface area contributed by atoms with Crippen molar-refractivity contribution in [3.8, 4) is 0 Å². The molecule has 3 heterocycles. The van der Waals surface area contributed by atoms with Crippen molar-refractivity contribution < 1.29 is 17.9 Å². The Morgan fingerprint density at radius 2 is 1.74 bits per heavy atom. The van der Waals surface area contributed by atoms with Crippen LogP contribution in [0.15, 0.2) is 60.5 Å². The molecule has 2 aliphatic heterocycles. The molecule has 2 N–H and O–H groups in total. The lowest BCUT2D eigenvalue weighted by Crippen LogP contribution is -2.41. The number of nitrogens with one attached hydrogen (secondary N) is 2. The summed E-state index contributed by atoms with van der Waals surface area (Å²) in [4.78, 5) is 13.3. The lowest BCUT2D eigenvalue weighted by molar-refractivity contribution is 0.122. The number of benzene rings is 1. The van der Waals surface area contributed by atoms with Crippen LogP contribution in [0.5, 0.6) is 0 Å². The number of aromatic nitrogens is 2. The molecule has 1 aromatic carbocycles. The number of allylic oxidation sites excluding steroid dienone is 3. The van der Waals surface area contributed by atoms with Crippen LogP contribution in [0.25, 0.3) is 5.57 Å². The molecule has 4 rings (SSSR count). The molecule has 1 fully saturated rings. The van der Waals surface area contributed by atoms with Crippen molar-refractivity contribution in [1.29, 1.82) is 0 Å². The van der Waals surface area contributed by atoms with Gasteiger partial charge in [0.25, 0.3) is 0 Å². The summed E-state index contributed by atoms with van der Waals surface area (Å²) in [5, 5.41) is 6.47. The van der Waals surface area contributed by atoms with Gasteiger partial charge >= 0.3 is 0 Å². The molecule has 0 bridgehead atoms. The van der Waals surface area contributed by atoms with E-state index in [1.54, 1.807) is 24.5 Å². The highest BCUT2D eigenvalue weighted by Crippen LogP contribution is 2.27. The van der Waals surface area contributed by atoms with Crippen LogP contribution < -0.4 is 15.5 Å². The molecule has 2 aliphatic rings. The largest absolute Gasteiger partial charge is 0.388 e. The van der Waals surface area contributed by atoms with Gasteiger partial charge in [-0.05, 0) is 58.0 Å². The Bertz CT molecular complexity index is 1140. The molecule has 0 aliphatic carbocycles. The standard InChI is InChI=1S/C22H33FN6O.C7H6F2/c1-16-5-6-21(23)20(11-19(24-3)15-25-12-17(2)28(16)4)18-13-26-22(27-14-18)29-7-9-30-10-8-29;1-5-3-2-4-6(8)7(5)9/h6,11,13-17,24-25H,5,7-10,12H2,1-4H3;2-4H,1H3/b19-15-,20-11-,21-6+;. The van der Waals surface area contributed by atoms with Gasteiger partial charge in [0.15, 0.2) is 11.6 Å². The normalized spacial score (nSPS) is 25.1. The first kappa shape index (κ1) is 30.2. The molecule has 2 unspecified atom stereocenters. The van der Waals surface area contributed by atoms with E-state index in [0.29, 0.717) is 48.3 Å². The summed E-state index contributed by atoms with van der Waals surface area (Å²) in [6, 6.07) is 4.66. The lowest BCUT2D eigenvalue weighted by Gasteiger charge is -2.30. The lowest BCUT2D eigenvalue weighted by atomic mass is 10.0. The van der Waals surface area contributed by atoms with Gasteiger partial charge in [0.2, 0.25) is 5.95 Å². The van der Waals surface area contributed by atoms with Crippen molar-refractivity contribution in [2.24, 2.45) is 0 Å². The number of rotatable bonds is 3. The quantitative estimate of drug-likeness (QED) is 0.586. The van der Waals surface area contributed by atoms with E-state index in [1.165, 1.54) is 19.1 Å². The molecule has 39 heavy (non-hydrogen) atoms. The fraction of sp³-hybridized carbons (Fsp3) is 0.448. The summed E-state index contributed by atoms with van der Waals surface area (Å²) in [6.45, 7) is 9.47. The zero-order valence-electron chi connectivity index (χ0n) is 23.3. The maximum atomic E-state index is 15.3. The minimum Gasteiger partial charge on any atom is -0.388 e. The van der Waals surface area contributed by atoms with Gasteiger partial charge in [0.05, 0.1) is 18.9 Å². The summed E-state index contributed by atoms with van der Waals surface area (Å²) >= 11 is 0. The second-order valence-electron chi connectivity index (χ2n) is 9.71. The van der Waals surface area contributed by atoms with Crippen molar-refractivity contribution in [2.45, 2.75) is 39.3 Å². The Hall–Kier alpha value is -3.37. The van der Waals surface area contributed by atoms with E-state index in [0.717, 1.165) is 31.4 Å². The molecule has 1 saturated heterocycles. The number of halogens is 3. The SMILES string of the molecule is CNC1=C\NCC(C)N(C)C(C)C\C=C(F)/C(c2cnc(N3CCOCC3)nc2)=C\1.Cc1cccc(F)c1F. The Morgan fingerprint density at radius 1 is 1.05 bits per heavy atom. The summed E-state index contributed by atoms with van der Waals surface area (Å²) in [7, 11) is 3.90. The molecule has 0 amide bonds. The van der Waals surface area contributed by atoms with Crippen LogP contribution in [-0.4, -0.2) is 73.9 Å². The second kappa shape index (κ2) is 14.7. The minimum absolute atomic E-state index is 0.223. The highest BCUT2D eigenvalue weighted by atomic mass is 19.2. The Labute approximate surface area is 229 Å². The van der Waals surface area contributed by atoms with E-state index >= 15 is 4.39 Å². The van der Waals surface area contributed by atoms with Crippen LogP contribution in [0.2, 0.25) is 0 Å². The van der Waals surface area contributed by atoms with Crippen LogP contribution in [0.1, 0.15) is 31.4 Å². The predicted octanol–water partition coefficient (Wildman–Crippen LogP) is 4.59. The number of likely N-dealkylation sites (N-methyl/N-ethyl adjacent to an activating group) is 2. The number of ether oxygens (including phenoxy) is 1. The predicted molar refractivity (Wildman–Crippen MR) is 150 cm³/mol. The Balaban J connectivity index is 0.000000395. The van der Waals surface area contributed by atoms with Crippen molar-refractivity contribution in [3.63, 3.8) is 0 Å². The molecular formula is C29H39F3N6O. The molecule has 0 radical (unpaired) electrons. The third kappa shape index (κ3) is 8.56. The van der Waals surface area contributed by atoms with Crippen LogP contribution in [0.3, 0.4) is 0 Å². The van der Waals surface area contributed by atoms with Gasteiger partial charge in [-0.15, -0.1) is 0 Å². The molecule has 7 nitrogen and oxygen atoms in total. The molecular weight excluding hydrogens is 505 g/mol. The van der Waals surface area contributed by atoms with Crippen molar-refractivity contribution in [1.82, 2.24) is 25.5 Å². The molecule has 0 spiro atoms. The van der Waals surface area contributed by atoms with Crippen molar-refractivity contribution in [3.05, 3.63) is 83.2 Å². The van der Waals surface area contributed by atoms with Crippen molar-refractivity contribution >= 4 is 11.5 Å². The fourth-order valence-electron chi connectivity index (χ4n) is 4.10. The van der Waals surface area contributed by atoms with Gasteiger partial charge in [-0.3, -0.25) is 4.90 Å². The fourth-order valence-corrected chi connectivity index (χ4v) is 4.10. The van der Waals surface area contributed by atoms with Crippen LogP contribution in [0, 0.1) is 18.6 Å². The van der Waals surface area contributed by atoms with Crippen LogP contribution in [-0.2, 0) is 4.74 Å². The van der Waals surface area contributed by atoms with Gasteiger partial charge in [0, 0.05) is 68.5 Å². The number of nitrogens with zero attached hydrogens (tertiary/aromatic N) is 4. The number of hydrogen-bond acceptors (Lipinski definition) is 7. The highest BCUT2D eigenvalue weighted by molar-refractivity contribution is 5.78. The average Bonchev–Trinajstić information content (AvgIpc) is 2.96. The summed E-state index contributed by atoms with van der Waals surface area (Å²) < 4.78 is 45.2. The van der Waals surface area contributed by atoms with Gasteiger partial charge < -0.3 is 20.3 Å². The zero-order chi connectivity index (χ0) is 28.4. The van der Waals surface area contributed by atoms with Crippen molar-refractivity contribution in [2.75, 3.05) is 51.8 Å².